The molecule has 2 nitrogen and oxygen atoms in total. The van der Waals surface area contributed by atoms with E-state index in [4.69, 9.17) is 0 Å². The Kier molecular flexibility index (Phi) is 14.7. The van der Waals surface area contributed by atoms with E-state index in [1.165, 1.54) is 0 Å². The third-order valence-electron chi connectivity index (χ3n) is 6.59. The van der Waals surface area contributed by atoms with Gasteiger partial charge in [-0.05, 0) is 6.42 Å². The number of esters is 1. The molecule has 0 aliphatic rings. The zero-order valence-corrected chi connectivity index (χ0v) is 23.1. The van der Waals surface area contributed by atoms with Crippen molar-refractivity contribution in [1.29, 1.82) is 0 Å². The largest absolute Gasteiger partial charge is 0.424 e. The summed E-state index contributed by atoms with van der Waals surface area (Å²) in [6, 6.07) is 0. The summed E-state index contributed by atoms with van der Waals surface area (Å²) < 4.78 is 258. The zero-order valence-electron chi connectivity index (χ0n) is 23.1. The van der Waals surface area contributed by atoms with Crippen molar-refractivity contribution in [3.63, 3.8) is 0 Å². The van der Waals surface area contributed by atoms with Crippen molar-refractivity contribution in [3.8, 4) is 0 Å². The minimum Gasteiger partial charge on any atom is -0.424 e. The van der Waals surface area contributed by atoms with Gasteiger partial charge in [-0.15, -0.1) is 0 Å². The van der Waals surface area contributed by atoms with E-state index in [2.05, 4.69) is 4.74 Å². The molecule has 45 heavy (non-hydrogen) atoms. The topological polar surface area (TPSA) is 26.3 Å². The molecule has 0 bridgehead atoms. The van der Waals surface area contributed by atoms with Gasteiger partial charge in [-0.1, -0.05) is 71.1 Å². The molecule has 0 aliphatic carbocycles. The van der Waals surface area contributed by atoms with Gasteiger partial charge in [-0.2, -0.15) is 74.6 Å². The van der Waals surface area contributed by atoms with Crippen molar-refractivity contribution in [1.82, 2.24) is 0 Å². The maximum Gasteiger partial charge on any atom is 0.385 e. The molecule has 0 radical (unpaired) electrons. The Balaban J connectivity index is 5.62. The molecule has 21 heteroatoms. The molecule has 0 aliphatic heterocycles. The number of ether oxygens (including phenoxy) is 1. The Hall–Kier alpha value is -1.86. The van der Waals surface area contributed by atoms with E-state index in [1.807, 2.05) is 6.92 Å². The molecule has 1 atom stereocenters. The summed E-state index contributed by atoms with van der Waals surface area (Å²) in [5.74, 6) is -69.4. The van der Waals surface area contributed by atoms with Crippen LogP contribution in [-0.4, -0.2) is 66.1 Å². The quantitative estimate of drug-likeness (QED) is 0.0635. The Labute approximate surface area is 244 Å². The number of hydrogen-bond acceptors (Lipinski definition) is 2. The third kappa shape index (κ3) is 8.36. The number of halogens is 19. The monoisotopic (exact) mass is 710 g/mol. The average molecular weight is 710 g/mol. The Morgan fingerprint density at radius 1 is 0.467 bits per heavy atom. The Morgan fingerprint density at radius 2 is 0.756 bits per heavy atom. The van der Waals surface area contributed by atoms with Crippen LogP contribution < -0.4 is 0 Å². The van der Waals surface area contributed by atoms with Crippen molar-refractivity contribution in [2.45, 2.75) is 144 Å². The highest BCUT2D eigenvalue weighted by atomic mass is 19.4. The summed E-state index contributed by atoms with van der Waals surface area (Å²) in [7, 11) is 0. The lowest BCUT2D eigenvalue weighted by Crippen LogP contribution is -2.75. The van der Waals surface area contributed by atoms with Gasteiger partial charge < -0.3 is 4.74 Å². The summed E-state index contributed by atoms with van der Waals surface area (Å²) in [5, 5.41) is 0. The molecule has 0 aromatic carbocycles. The van der Waals surface area contributed by atoms with Gasteiger partial charge in [0, 0.05) is 6.42 Å². The van der Waals surface area contributed by atoms with Gasteiger partial charge in [0.2, 0.25) is 0 Å². The van der Waals surface area contributed by atoms with Crippen molar-refractivity contribution in [2.75, 3.05) is 0 Å². The molecule has 0 amide bonds. The van der Waals surface area contributed by atoms with E-state index in [0.29, 0.717) is 12.8 Å². The van der Waals surface area contributed by atoms with E-state index < -0.39 is 72.6 Å². The fourth-order valence-electron chi connectivity index (χ4n) is 3.67. The van der Waals surface area contributed by atoms with Crippen LogP contribution in [-0.2, 0) is 9.53 Å². The van der Waals surface area contributed by atoms with Crippen molar-refractivity contribution in [2.24, 2.45) is 0 Å². The first kappa shape index (κ1) is 43.1. The summed E-state index contributed by atoms with van der Waals surface area (Å²) in [6.45, 7) is 2.02. The summed E-state index contributed by atoms with van der Waals surface area (Å²) in [6.07, 6.45) is -4.92. The summed E-state index contributed by atoms with van der Waals surface area (Å²) in [4.78, 5) is 11.5. The molecule has 0 aromatic rings. The lowest BCUT2D eigenvalue weighted by atomic mass is 9.87. The highest BCUT2D eigenvalue weighted by molar-refractivity contribution is 5.69. The van der Waals surface area contributed by atoms with Gasteiger partial charge in [0.15, 0.2) is 0 Å². The van der Waals surface area contributed by atoms with E-state index >= 15 is 0 Å². The number of rotatable bonds is 22. The summed E-state index contributed by atoms with van der Waals surface area (Å²) >= 11 is 0. The maximum absolute atomic E-state index is 13.8. The molecular formula is C24H29F19O2. The number of carbonyl (C=O) groups is 1. The molecule has 0 heterocycles. The highest BCUT2D eigenvalue weighted by Crippen LogP contribution is 2.64. The predicted molar refractivity (Wildman–Crippen MR) is 118 cm³/mol. The molecule has 0 aromatic heterocycles. The molecule has 0 saturated carbocycles. The van der Waals surface area contributed by atoms with Crippen LogP contribution >= 0.6 is 0 Å². The summed E-state index contributed by atoms with van der Waals surface area (Å²) in [5.41, 5.74) is 0. The van der Waals surface area contributed by atoms with Crippen molar-refractivity contribution in [3.05, 3.63) is 0 Å². The lowest BCUT2D eigenvalue weighted by molar-refractivity contribution is -0.462. The van der Waals surface area contributed by atoms with E-state index in [1.54, 1.807) is 0 Å². The van der Waals surface area contributed by atoms with Crippen molar-refractivity contribution < 1.29 is 92.9 Å². The number of carbonyl (C=O) groups excluding carboxylic acids is 1. The van der Waals surface area contributed by atoms with Crippen LogP contribution in [0.15, 0.2) is 0 Å². The van der Waals surface area contributed by atoms with Gasteiger partial charge in [0.05, 0.1) is 0 Å². The molecule has 0 N–H and O–H groups in total. The van der Waals surface area contributed by atoms with E-state index in [9.17, 15) is 88.2 Å². The van der Waals surface area contributed by atoms with Crippen LogP contribution in [0.25, 0.3) is 0 Å². The van der Waals surface area contributed by atoms with Gasteiger partial charge in [0.25, 0.3) is 0 Å². The minimum absolute atomic E-state index is 0.136. The third-order valence-corrected chi connectivity index (χ3v) is 6.59. The Morgan fingerprint density at radius 3 is 1.09 bits per heavy atom. The average Bonchev–Trinajstić information content (AvgIpc) is 2.90. The van der Waals surface area contributed by atoms with Crippen molar-refractivity contribution >= 4 is 5.97 Å². The second-order valence-electron chi connectivity index (χ2n) is 10.1. The molecule has 0 fully saturated rings. The van der Waals surface area contributed by atoms with Crippen LogP contribution in [0.4, 0.5) is 83.4 Å². The SMILES string of the molecule is CCCCCCCCCCCCCC(=O)OC(F)C(F)(F)C(F)(F)C(F)(F)C(F)(F)C(F)(F)C(F)(F)C(F)(F)C(F)(F)C(F)F. The molecule has 0 rings (SSSR count). The van der Waals surface area contributed by atoms with Crippen LogP contribution in [0.5, 0.6) is 0 Å². The predicted octanol–water partition coefficient (Wildman–Crippen LogP) is 10.9. The molecule has 270 valence electrons. The first-order valence-electron chi connectivity index (χ1n) is 13.2. The fraction of sp³-hybridized carbons (Fsp3) is 0.958. The van der Waals surface area contributed by atoms with Crippen LogP contribution in [0.1, 0.15) is 84.0 Å². The van der Waals surface area contributed by atoms with Crippen LogP contribution in [0.2, 0.25) is 0 Å². The van der Waals surface area contributed by atoms with Gasteiger partial charge in [0.1, 0.15) is 0 Å². The minimum atomic E-state index is -8.93. The first-order chi connectivity index (χ1) is 20.1. The second kappa shape index (κ2) is 15.4. The molecule has 0 spiro atoms. The lowest BCUT2D eigenvalue weighted by Gasteiger charge is -2.43. The van der Waals surface area contributed by atoms with Crippen LogP contribution in [0.3, 0.4) is 0 Å². The second-order valence-corrected chi connectivity index (χ2v) is 10.1. The Bertz CT molecular complexity index is 920. The zero-order chi connectivity index (χ0) is 35.9. The van der Waals surface area contributed by atoms with Gasteiger partial charge >= 0.3 is 66.1 Å². The fourth-order valence-corrected chi connectivity index (χ4v) is 3.67. The molecule has 0 saturated heterocycles. The molecular weight excluding hydrogens is 681 g/mol. The first-order valence-corrected chi connectivity index (χ1v) is 13.2. The number of unbranched alkanes of at least 4 members (excludes halogenated alkanes) is 10. The number of alkyl halides is 19. The van der Waals surface area contributed by atoms with E-state index in [0.717, 1.165) is 44.9 Å². The maximum atomic E-state index is 13.8. The van der Waals surface area contributed by atoms with Gasteiger partial charge in [-0.25, -0.2) is 8.78 Å². The van der Waals surface area contributed by atoms with Gasteiger partial charge in [-0.3, -0.25) is 4.79 Å². The number of hydrogen-bond donors (Lipinski definition) is 0. The smallest absolute Gasteiger partial charge is 0.385 e. The van der Waals surface area contributed by atoms with E-state index in [-0.39, 0.29) is 12.8 Å². The standard InChI is InChI=1S/C24H29F19O2/c1-2-3-4-5-6-7-8-9-10-11-12-13-14(44)45-16(27)18(30,31)20(34,35)22(38,39)24(42,43)23(40,41)21(36,37)19(32,33)17(28,29)15(25)26/h15-16H,2-13H2,1H3. The molecule has 1 unspecified atom stereocenters. The highest BCUT2D eigenvalue weighted by Gasteiger charge is 2.96. The van der Waals surface area contributed by atoms with Crippen LogP contribution in [0, 0.1) is 0 Å². The normalized spacial score (nSPS) is 15.5.